The molecule has 7 heteroatoms. The fourth-order valence-electron chi connectivity index (χ4n) is 2.17. The van der Waals surface area contributed by atoms with Crippen LogP contribution in [0, 0.1) is 5.92 Å². The van der Waals surface area contributed by atoms with Crippen molar-refractivity contribution < 1.29 is 14.3 Å². The molecule has 0 saturated carbocycles. The number of nitrogens with zero attached hydrogens (tertiary/aromatic N) is 2. The number of methoxy groups -OCH3 is 1. The molecule has 0 atom stereocenters. The van der Waals surface area contributed by atoms with Gasteiger partial charge in [-0.05, 0) is 19.9 Å². The molecule has 2 amide bonds. The maximum absolute atomic E-state index is 12.0. The van der Waals surface area contributed by atoms with E-state index in [0.29, 0.717) is 39.1 Å². The zero-order valence-electron chi connectivity index (χ0n) is 11.7. The van der Waals surface area contributed by atoms with Gasteiger partial charge in [0, 0.05) is 32.7 Å². The van der Waals surface area contributed by atoms with Gasteiger partial charge >= 0.3 is 0 Å². The first kappa shape index (κ1) is 15.9. The molecule has 7 nitrogen and oxygen atoms in total. The van der Waals surface area contributed by atoms with E-state index in [2.05, 4.69) is 5.43 Å². The van der Waals surface area contributed by atoms with E-state index in [0.717, 1.165) is 6.54 Å². The second-order valence-electron chi connectivity index (χ2n) is 4.89. The van der Waals surface area contributed by atoms with Crippen molar-refractivity contribution in [3.8, 4) is 0 Å². The predicted molar refractivity (Wildman–Crippen MR) is 71.0 cm³/mol. The van der Waals surface area contributed by atoms with Crippen molar-refractivity contribution in [2.24, 2.45) is 11.8 Å². The van der Waals surface area contributed by atoms with Gasteiger partial charge in [-0.3, -0.25) is 19.9 Å². The summed E-state index contributed by atoms with van der Waals surface area (Å²) in [6.45, 7) is 2.97. The van der Waals surface area contributed by atoms with Gasteiger partial charge in [0.1, 0.15) is 0 Å². The Morgan fingerprint density at radius 2 is 2.05 bits per heavy atom. The van der Waals surface area contributed by atoms with Crippen LogP contribution in [0.2, 0.25) is 0 Å². The third-order valence-electron chi connectivity index (χ3n) is 3.44. The normalized spacial score (nSPS) is 16.7. The molecule has 0 bridgehead atoms. The highest BCUT2D eigenvalue weighted by atomic mass is 16.5. The zero-order chi connectivity index (χ0) is 14.3. The number of hydrazine groups is 1. The molecule has 0 unspecified atom stereocenters. The molecular weight excluding hydrogens is 248 g/mol. The Kier molecular flexibility index (Phi) is 6.75. The topological polar surface area (TPSA) is 87.9 Å². The molecule has 0 aliphatic carbocycles. The van der Waals surface area contributed by atoms with Gasteiger partial charge < -0.3 is 9.64 Å². The quantitative estimate of drug-likeness (QED) is 0.360. The van der Waals surface area contributed by atoms with Crippen LogP contribution in [-0.4, -0.2) is 68.6 Å². The monoisotopic (exact) mass is 272 g/mol. The lowest BCUT2D eigenvalue weighted by molar-refractivity contribution is -0.136. The molecule has 1 saturated heterocycles. The standard InChI is InChI=1S/C12H24N4O3/c1-15(7-8-19-2)9-11(17)16-5-3-10(4-6-16)12(18)14-13/h10H,3-9,13H2,1-2H3,(H,14,18). The highest BCUT2D eigenvalue weighted by molar-refractivity contribution is 5.80. The summed E-state index contributed by atoms with van der Waals surface area (Å²) in [6, 6.07) is 0. The zero-order valence-corrected chi connectivity index (χ0v) is 11.7. The average Bonchev–Trinajstić information content (AvgIpc) is 2.44. The van der Waals surface area contributed by atoms with Crippen molar-refractivity contribution in [1.82, 2.24) is 15.2 Å². The van der Waals surface area contributed by atoms with Gasteiger partial charge in [0.2, 0.25) is 11.8 Å². The molecule has 110 valence electrons. The smallest absolute Gasteiger partial charge is 0.237 e. The maximum Gasteiger partial charge on any atom is 0.237 e. The number of hydrogen-bond acceptors (Lipinski definition) is 5. The Balaban J connectivity index is 2.30. The first-order valence-electron chi connectivity index (χ1n) is 6.54. The number of nitrogens with one attached hydrogen (secondary N) is 1. The summed E-state index contributed by atoms with van der Waals surface area (Å²) in [6.07, 6.45) is 1.35. The molecule has 0 radical (unpaired) electrons. The number of likely N-dealkylation sites (N-methyl/N-ethyl adjacent to an activating group) is 1. The first-order chi connectivity index (χ1) is 9.08. The Hall–Kier alpha value is -1.18. The molecule has 0 spiro atoms. The van der Waals surface area contributed by atoms with Crippen LogP contribution in [0.4, 0.5) is 0 Å². The fraction of sp³-hybridized carbons (Fsp3) is 0.833. The summed E-state index contributed by atoms with van der Waals surface area (Å²) < 4.78 is 4.97. The summed E-state index contributed by atoms with van der Waals surface area (Å²) >= 11 is 0. The SMILES string of the molecule is COCCN(C)CC(=O)N1CCC(C(=O)NN)CC1. The largest absolute Gasteiger partial charge is 0.383 e. The third-order valence-corrected chi connectivity index (χ3v) is 3.44. The number of rotatable bonds is 6. The summed E-state index contributed by atoms with van der Waals surface area (Å²) in [5, 5.41) is 0. The Bertz CT molecular complexity index is 303. The van der Waals surface area contributed by atoms with E-state index in [-0.39, 0.29) is 17.7 Å². The van der Waals surface area contributed by atoms with Crippen LogP contribution in [0.5, 0.6) is 0 Å². The lowest BCUT2D eigenvalue weighted by atomic mass is 9.96. The molecule has 1 fully saturated rings. The van der Waals surface area contributed by atoms with E-state index in [1.807, 2.05) is 16.8 Å². The number of carbonyl (C=O) groups excluding carboxylic acids is 2. The van der Waals surface area contributed by atoms with E-state index >= 15 is 0 Å². The first-order valence-corrected chi connectivity index (χ1v) is 6.54. The summed E-state index contributed by atoms with van der Waals surface area (Å²) in [4.78, 5) is 27.2. The Labute approximate surface area is 114 Å². The minimum absolute atomic E-state index is 0.0692. The van der Waals surface area contributed by atoms with Crippen molar-refractivity contribution in [2.45, 2.75) is 12.8 Å². The van der Waals surface area contributed by atoms with Crippen molar-refractivity contribution in [3.63, 3.8) is 0 Å². The molecular formula is C12H24N4O3. The van der Waals surface area contributed by atoms with Crippen LogP contribution < -0.4 is 11.3 Å². The molecule has 1 aliphatic rings. The van der Waals surface area contributed by atoms with Gasteiger partial charge in [-0.1, -0.05) is 0 Å². The minimum Gasteiger partial charge on any atom is -0.383 e. The lowest BCUT2D eigenvalue weighted by Gasteiger charge is -2.32. The summed E-state index contributed by atoms with van der Waals surface area (Å²) in [7, 11) is 3.54. The van der Waals surface area contributed by atoms with Gasteiger partial charge in [0.15, 0.2) is 0 Å². The highest BCUT2D eigenvalue weighted by Gasteiger charge is 2.27. The molecule has 0 aromatic rings. The Morgan fingerprint density at radius 1 is 1.42 bits per heavy atom. The number of likely N-dealkylation sites (tertiary alicyclic amines) is 1. The van der Waals surface area contributed by atoms with Crippen LogP contribution in [0.15, 0.2) is 0 Å². The van der Waals surface area contributed by atoms with E-state index in [9.17, 15) is 9.59 Å². The van der Waals surface area contributed by atoms with Crippen molar-refractivity contribution >= 4 is 11.8 Å². The van der Waals surface area contributed by atoms with Crippen molar-refractivity contribution in [1.29, 1.82) is 0 Å². The summed E-state index contributed by atoms with van der Waals surface area (Å²) in [5.74, 6) is 5.01. The van der Waals surface area contributed by atoms with Crippen LogP contribution in [0.3, 0.4) is 0 Å². The van der Waals surface area contributed by atoms with Gasteiger partial charge in [0.25, 0.3) is 0 Å². The van der Waals surface area contributed by atoms with Crippen LogP contribution >= 0.6 is 0 Å². The third kappa shape index (κ3) is 5.14. The average molecular weight is 272 g/mol. The lowest BCUT2D eigenvalue weighted by Crippen LogP contribution is -2.47. The number of ether oxygens (including phenoxy) is 1. The van der Waals surface area contributed by atoms with Gasteiger partial charge in [-0.2, -0.15) is 0 Å². The molecule has 1 heterocycles. The van der Waals surface area contributed by atoms with Gasteiger partial charge in [-0.15, -0.1) is 0 Å². The van der Waals surface area contributed by atoms with E-state index in [4.69, 9.17) is 10.6 Å². The number of hydrogen-bond donors (Lipinski definition) is 2. The number of amides is 2. The maximum atomic E-state index is 12.0. The Morgan fingerprint density at radius 3 is 2.58 bits per heavy atom. The van der Waals surface area contributed by atoms with Crippen molar-refractivity contribution in [2.75, 3.05) is 46.9 Å². The molecule has 0 aromatic heterocycles. The molecule has 19 heavy (non-hydrogen) atoms. The van der Waals surface area contributed by atoms with Crippen LogP contribution in [0.25, 0.3) is 0 Å². The second kappa shape index (κ2) is 8.08. The summed E-state index contributed by atoms with van der Waals surface area (Å²) in [5.41, 5.74) is 2.17. The minimum atomic E-state index is -0.135. The van der Waals surface area contributed by atoms with E-state index in [1.54, 1.807) is 7.11 Å². The van der Waals surface area contributed by atoms with Gasteiger partial charge in [0.05, 0.1) is 13.2 Å². The van der Waals surface area contributed by atoms with E-state index in [1.165, 1.54) is 0 Å². The number of nitrogens with two attached hydrogens (primary N) is 1. The van der Waals surface area contributed by atoms with Crippen LogP contribution in [-0.2, 0) is 14.3 Å². The highest BCUT2D eigenvalue weighted by Crippen LogP contribution is 2.17. The van der Waals surface area contributed by atoms with E-state index < -0.39 is 0 Å². The molecule has 1 aliphatic heterocycles. The van der Waals surface area contributed by atoms with Crippen LogP contribution in [0.1, 0.15) is 12.8 Å². The predicted octanol–water partition coefficient (Wildman–Crippen LogP) is -1.21. The molecule has 3 N–H and O–H groups in total. The number of carbonyl (C=O) groups is 2. The van der Waals surface area contributed by atoms with Crippen molar-refractivity contribution in [3.05, 3.63) is 0 Å². The van der Waals surface area contributed by atoms with Gasteiger partial charge in [-0.25, -0.2) is 5.84 Å². The molecule has 1 rings (SSSR count). The molecule has 0 aromatic carbocycles. The fourth-order valence-corrected chi connectivity index (χ4v) is 2.17. The second-order valence-corrected chi connectivity index (χ2v) is 4.89. The number of piperidine rings is 1.